The normalized spacial score (nSPS) is 17.0. The van der Waals surface area contributed by atoms with Crippen molar-refractivity contribution in [3.05, 3.63) is 66.1 Å². The van der Waals surface area contributed by atoms with Crippen molar-refractivity contribution >= 4 is 11.7 Å². The van der Waals surface area contributed by atoms with Gasteiger partial charge in [0.1, 0.15) is 0 Å². The SMILES string of the molecule is O=C(c1cccc(-n2cccn2)c1)N1CCN(c2ccc(C3CC3)nn2)CC1. The van der Waals surface area contributed by atoms with Gasteiger partial charge in [-0.1, -0.05) is 6.07 Å². The van der Waals surface area contributed by atoms with Gasteiger partial charge in [0.25, 0.3) is 5.91 Å². The molecule has 28 heavy (non-hydrogen) atoms. The van der Waals surface area contributed by atoms with Crippen LogP contribution in [0, 0.1) is 0 Å². The molecule has 0 atom stereocenters. The average molecular weight is 374 g/mol. The van der Waals surface area contributed by atoms with Crippen molar-refractivity contribution in [2.75, 3.05) is 31.1 Å². The Balaban J connectivity index is 1.24. The van der Waals surface area contributed by atoms with Crippen LogP contribution in [0.2, 0.25) is 0 Å². The zero-order valence-electron chi connectivity index (χ0n) is 15.6. The van der Waals surface area contributed by atoms with Gasteiger partial charge in [0, 0.05) is 50.1 Å². The Bertz CT molecular complexity index is 957. The largest absolute Gasteiger partial charge is 0.352 e. The van der Waals surface area contributed by atoms with Crippen molar-refractivity contribution in [1.29, 1.82) is 0 Å². The van der Waals surface area contributed by atoms with Crippen LogP contribution in [0.15, 0.2) is 54.9 Å². The number of benzene rings is 1. The van der Waals surface area contributed by atoms with E-state index < -0.39 is 0 Å². The fraction of sp³-hybridized carbons (Fsp3) is 0.333. The van der Waals surface area contributed by atoms with E-state index in [9.17, 15) is 4.79 Å². The highest BCUT2D eigenvalue weighted by Crippen LogP contribution is 2.38. The Morgan fingerprint density at radius 1 is 0.964 bits per heavy atom. The van der Waals surface area contributed by atoms with Gasteiger partial charge in [-0.3, -0.25) is 4.79 Å². The highest BCUT2D eigenvalue weighted by molar-refractivity contribution is 5.95. The second-order valence-electron chi connectivity index (χ2n) is 7.37. The molecule has 0 radical (unpaired) electrons. The summed E-state index contributed by atoms with van der Waals surface area (Å²) >= 11 is 0. The third-order valence-electron chi connectivity index (χ3n) is 5.42. The van der Waals surface area contributed by atoms with Gasteiger partial charge in [0.15, 0.2) is 5.82 Å². The van der Waals surface area contributed by atoms with E-state index in [-0.39, 0.29) is 5.91 Å². The number of hydrogen-bond donors (Lipinski definition) is 0. The molecule has 1 aromatic carbocycles. The van der Waals surface area contributed by atoms with Gasteiger partial charge in [-0.25, -0.2) is 4.68 Å². The molecule has 3 aromatic rings. The Morgan fingerprint density at radius 2 is 1.82 bits per heavy atom. The van der Waals surface area contributed by atoms with E-state index in [1.807, 2.05) is 41.4 Å². The molecule has 0 unspecified atom stereocenters. The van der Waals surface area contributed by atoms with Crippen LogP contribution in [0.3, 0.4) is 0 Å². The first-order chi connectivity index (χ1) is 13.8. The standard InChI is InChI=1S/C21H22N6O/c28-21(17-3-1-4-18(15-17)27-10-2-9-22-27)26-13-11-25(12-14-26)20-8-7-19(23-24-20)16-5-6-16/h1-4,7-10,15-16H,5-6,11-14H2. The van der Waals surface area contributed by atoms with Gasteiger partial charge in [-0.15, -0.1) is 5.10 Å². The first-order valence-electron chi connectivity index (χ1n) is 9.76. The molecule has 5 rings (SSSR count). The smallest absolute Gasteiger partial charge is 0.254 e. The summed E-state index contributed by atoms with van der Waals surface area (Å²) in [7, 11) is 0. The topological polar surface area (TPSA) is 67.2 Å². The number of rotatable bonds is 4. The van der Waals surface area contributed by atoms with Crippen LogP contribution >= 0.6 is 0 Å². The van der Waals surface area contributed by atoms with Crippen molar-refractivity contribution in [2.24, 2.45) is 0 Å². The fourth-order valence-corrected chi connectivity index (χ4v) is 3.63. The molecule has 2 aliphatic rings. The Labute approximate surface area is 163 Å². The Morgan fingerprint density at radius 3 is 2.50 bits per heavy atom. The van der Waals surface area contributed by atoms with E-state index in [2.05, 4.69) is 32.3 Å². The number of piperazine rings is 1. The van der Waals surface area contributed by atoms with Gasteiger partial charge in [0.05, 0.1) is 11.4 Å². The molecule has 1 aliphatic carbocycles. The molecule has 1 aliphatic heterocycles. The van der Waals surface area contributed by atoms with Gasteiger partial charge < -0.3 is 9.80 Å². The fourth-order valence-electron chi connectivity index (χ4n) is 3.63. The number of amides is 1. The van der Waals surface area contributed by atoms with Crippen LogP contribution in [-0.2, 0) is 0 Å². The molecule has 0 bridgehead atoms. The number of aromatic nitrogens is 4. The van der Waals surface area contributed by atoms with E-state index in [0.29, 0.717) is 24.6 Å². The number of nitrogens with zero attached hydrogens (tertiary/aromatic N) is 6. The minimum absolute atomic E-state index is 0.0591. The molecular weight excluding hydrogens is 352 g/mol. The van der Waals surface area contributed by atoms with E-state index in [1.54, 1.807) is 10.9 Å². The highest BCUT2D eigenvalue weighted by Gasteiger charge is 2.26. The second kappa shape index (κ2) is 7.07. The first-order valence-corrected chi connectivity index (χ1v) is 9.76. The summed E-state index contributed by atoms with van der Waals surface area (Å²) in [5, 5.41) is 13.0. The maximum atomic E-state index is 12.9. The van der Waals surface area contributed by atoms with Crippen molar-refractivity contribution in [1.82, 2.24) is 24.9 Å². The molecule has 0 spiro atoms. The van der Waals surface area contributed by atoms with E-state index in [0.717, 1.165) is 30.3 Å². The summed E-state index contributed by atoms with van der Waals surface area (Å²) in [4.78, 5) is 17.1. The number of carbonyl (C=O) groups is 1. The molecule has 3 heterocycles. The molecule has 1 saturated carbocycles. The van der Waals surface area contributed by atoms with Gasteiger partial charge in [-0.2, -0.15) is 10.2 Å². The highest BCUT2D eigenvalue weighted by atomic mass is 16.2. The third kappa shape index (κ3) is 3.35. The quantitative estimate of drug-likeness (QED) is 0.702. The molecule has 1 amide bonds. The zero-order chi connectivity index (χ0) is 18.9. The number of hydrogen-bond acceptors (Lipinski definition) is 5. The van der Waals surface area contributed by atoms with Crippen LogP contribution in [0.25, 0.3) is 5.69 Å². The lowest BCUT2D eigenvalue weighted by Gasteiger charge is -2.35. The third-order valence-corrected chi connectivity index (χ3v) is 5.42. The summed E-state index contributed by atoms with van der Waals surface area (Å²) < 4.78 is 1.76. The predicted molar refractivity (Wildman–Crippen MR) is 106 cm³/mol. The predicted octanol–water partition coefficient (Wildman–Crippen LogP) is 2.50. The van der Waals surface area contributed by atoms with Crippen LogP contribution < -0.4 is 4.90 Å². The van der Waals surface area contributed by atoms with Crippen LogP contribution in [0.4, 0.5) is 5.82 Å². The zero-order valence-corrected chi connectivity index (χ0v) is 15.6. The average Bonchev–Trinajstić information content (AvgIpc) is 3.47. The lowest BCUT2D eigenvalue weighted by atomic mass is 10.1. The summed E-state index contributed by atoms with van der Waals surface area (Å²) in [6, 6.07) is 13.6. The monoisotopic (exact) mass is 374 g/mol. The van der Waals surface area contributed by atoms with E-state index in [4.69, 9.17) is 0 Å². The minimum atomic E-state index is 0.0591. The number of carbonyl (C=O) groups excluding carboxylic acids is 1. The van der Waals surface area contributed by atoms with Crippen LogP contribution in [0.1, 0.15) is 34.8 Å². The number of anilines is 1. The van der Waals surface area contributed by atoms with Crippen molar-refractivity contribution < 1.29 is 4.79 Å². The molecule has 7 heteroatoms. The summed E-state index contributed by atoms with van der Waals surface area (Å²) in [6.07, 6.45) is 6.07. The minimum Gasteiger partial charge on any atom is -0.352 e. The van der Waals surface area contributed by atoms with Gasteiger partial charge in [-0.05, 0) is 49.2 Å². The summed E-state index contributed by atoms with van der Waals surface area (Å²) in [5.74, 6) is 1.58. The lowest BCUT2D eigenvalue weighted by Crippen LogP contribution is -2.49. The van der Waals surface area contributed by atoms with Crippen LogP contribution in [-0.4, -0.2) is 57.0 Å². The van der Waals surface area contributed by atoms with Crippen LogP contribution in [0.5, 0.6) is 0 Å². The molecule has 1 saturated heterocycles. The van der Waals surface area contributed by atoms with Crippen molar-refractivity contribution in [3.63, 3.8) is 0 Å². The summed E-state index contributed by atoms with van der Waals surface area (Å²) in [5.41, 5.74) is 2.69. The molecule has 7 nitrogen and oxygen atoms in total. The Kier molecular flexibility index (Phi) is 4.27. The molecular formula is C21H22N6O. The molecule has 2 aromatic heterocycles. The van der Waals surface area contributed by atoms with Crippen molar-refractivity contribution in [2.45, 2.75) is 18.8 Å². The van der Waals surface area contributed by atoms with Gasteiger partial charge in [0.2, 0.25) is 0 Å². The Hall–Kier alpha value is -3.22. The van der Waals surface area contributed by atoms with Gasteiger partial charge >= 0.3 is 0 Å². The first kappa shape index (κ1) is 16.9. The maximum absolute atomic E-state index is 12.9. The molecule has 142 valence electrons. The maximum Gasteiger partial charge on any atom is 0.254 e. The lowest BCUT2D eigenvalue weighted by molar-refractivity contribution is 0.0746. The second-order valence-corrected chi connectivity index (χ2v) is 7.37. The van der Waals surface area contributed by atoms with E-state index in [1.165, 1.54) is 12.8 Å². The molecule has 0 N–H and O–H groups in total. The summed E-state index contributed by atoms with van der Waals surface area (Å²) in [6.45, 7) is 2.89. The van der Waals surface area contributed by atoms with Crippen molar-refractivity contribution in [3.8, 4) is 5.69 Å². The molecule has 2 fully saturated rings. The van der Waals surface area contributed by atoms with E-state index >= 15 is 0 Å².